The van der Waals surface area contributed by atoms with Gasteiger partial charge in [0.15, 0.2) is 18.2 Å². The third kappa shape index (κ3) is 10.5. The van der Waals surface area contributed by atoms with Crippen LogP contribution in [0.25, 0.3) is 0 Å². The minimum absolute atomic E-state index is 0.225. The predicted molar refractivity (Wildman–Crippen MR) is 158 cm³/mol. The van der Waals surface area contributed by atoms with E-state index < -0.39 is 92.4 Å². The van der Waals surface area contributed by atoms with Crippen molar-refractivity contribution in [2.45, 2.75) is 176 Å². The Bertz CT molecular complexity index is 766. The molecule has 0 spiro atoms. The Hall–Kier alpha value is -0.560. The first-order valence-electron chi connectivity index (χ1n) is 16.4. The van der Waals surface area contributed by atoms with E-state index in [9.17, 15) is 51.1 Å². The number of hydrogen-bond acceptors (Lipinski definition) is 14. The summed E-state index contributed by atoms with van der Waals surface area (Å²) in [6, 6.07) is -1.44. The molecule has 0 amide bonds. The summed E-state index contributed by atoms with van der Waals surface area (Å²) in [6.45, 7) is 0.308. The molecule has 44 heavy (non-hydrogen) atoms. The van der Waals surface area contributed by atoms with E-state index in [4.69, 9.17) is 19.9 Å². The Morgan fingerprint density at radius 1 is 0.727 bits per heavy atom. The lowest BCUT2D eigenvalue weighted by molar-refractivity contribution is -0.387. The molecule has 2 rings (SSSR count). The first-order valence-corrected chi connectivity index (χ1v) is 16.4. The van der Waals surface area contributed by atoms with E-state index in [2.05, 4.69) is 6.92 Å². The molecule has 262 valence electrons. The lowest BCUT2D eigenvalue weighted by atomic mass is 9.78. The van der Waals surface area contributed by atoms with Gasteiger partial charge < -0.3 is 71.0 Å². The molecule has 0 saturated carbocycles. The molecule has 0 aromatic carbocycles. The van der Waals surface area contributed by atoms with E-state index in [1.54, 1.807) is 0 Å². The van der Waals surface area contributed by atoms with Crippen molar-refractivity contribution in [3.63, 3.8) is 0 Å². The van der Waals surface area contributed by atoms with Gasteiger partial charge in [0.1, 0.15) is 48.8 Å². The monoisotopic (exact) mass is 641 g/mol. The molecule has 0 bridgehead atoms. The Balaban J connectivity index is 1.88. The van der Waals surface area contributed by atoms with E-state index >= 15 is 0 Å². The van der Waals surface area contributed by atoms with Gasteiger partial charge in [0.25, 0.3) is 0 Å². The highest BCUT2D eigenvalue weighted by Crippen LogP contribution is 2.37. The van der Waals surface area contributed by atoms with Gasteiger partial charge in [-0.2, -0.15) is 0 Å². The maximum Gasteiger partial charge on any atom is 0.187 e. The molecule has 2 fully saturated rings. The summed E-state index contributed by atoms with van der Waals surface area (Å²) in [5.74, 6) is 0. The first kappa shape index (κ1) is 39.6. The molecule has 12 N–H and O–H groups in total. The van der Waals surface area contributed by atoms with Gasteiger partial charge in [-0.15, -0.1) is 0 Å². The number of unbranched alkanes of at least 4 members (excludes halogenated alkanes) is 12. The molecule has 0 aliphatic carbocycles. The number of aliphatic hydroxyl groups excluding tert-OH is 10. The molecule has 14 nitrogen and oxygen atoms in total. The van der Waals surface area contributed by atoms with Crippen molar-refractivity contribution in [3.05, 3.63) is 0 Å². The third-order valence-electron chi connectivity index (χ3n) is 9.08. The third-order valence-corrected chi connectivity index (χ3v) is 9.08. The number of nitrogens with two attached hydrogens (primary N) is 1. The Morgan fingerprint density at radius 2 is 1.25 bits per heavy atom. The van der Waals surface area contributed by atoms with Crippen molar-refractivity contribution in [2.75, 3.05) is 13.2 Å². The van der Waals surface area contributed by atoms with Gasteiger partial charge in [-0.25, -0.2) is 0 Å². The Kier molecular flexibility index (Phi) is 18.0. The van der Waals surface area contributed by atoms with E-state index in [0.29, 0.717) is 6.42 Å². The van der Waals surface area contributed by atoms with Crippen molar-refractivity contribution < 1.29 is 65.3 Å². The van der Waals surface area contributed by atoms with Crippen LogP contribution in [0.2, 0.25) is 0 Å². The minimum atomic E-state index is -2.44. The van der Waals surface area contributed by atoms with E-state index in [1.807, 2.05) is 0 Å². The predicted octanol–water partition coefficient (Wildman–Crippen LogP) is -1.50. The Labute approximate surface area is 260 Å². The number of rotatable bonds is 21. The van der Waals surface area contributed by atoms with Crippen molar-refractivity contribution in [1.82, 2.24) is 0 Å². The van der Waals surface area contributed by atoms with Crippen molar-refractivity contribution in [2.24, 2.45) is 5.73 Å². The smallest absolute Gasteiger partial charge is 0.187 e. The van der Waals surface area contributed by atoms with Crippen LogP contribution >= 0.6 is 0 Å². The lowest BCUT2D eigenvalue weighted by Crippen LogP contribution is -2.74. The highest BCUT2D eigenvalue weighted by atomic mass is 16.7. The quantitative estimate of drug-likeness (QED) is 0.0638. The van der Waals surface area contributed by atoms with Gasteiger partial charge >= 0.3 is 0 Å². The fourth-order valence-electron chi connectivity index (χ4n) is 6.06. The second kappa shape index (κ2) is 20.0. The molecular weight excluding hydrogens is 582 g/mol. The summed E-state index contributed by atoms with van der Waals surface area (Å²) in [4.78, 5) is 0. The van der Waals surface area contributed by atoms with Crippen molar-refractivity contribution in [1.29, 1.82) is 0 Å². The topological polar surface area (TPSA) is 256 Å². The molecule has 2 saturated heterocycles. The van der Waals surface area contributed by atoms with Gasteiger partial charge in [0, 0.05) is 0 Å². The van der Waals surface area contributed by atoms with Gasteiger partial charge in [-0.1, -0.05) is 90.4 Å². The lowest BCUT2D eigenvalue weighted by Gasteiger charge is -2.52. The van der Waals surface area contributed by atoms with Gasteiger partial charge in [0.05, 0.1) is 25.4 Å². The molecular formula is C30H59NO13. The van der Waals surface area contributed by atoms with E-state index in [-0.39, 0.29) is 6.42 Å². The number of aliphatic hydroxyl groups is 10. The fourth-order valence-corrected chi connectivity index (χ4v) is 6.06. The van der Waals surface area contributed by atoms with Crippen LogP contribution in [0.4, 0.5) is 0 Å². The fraction of sp³-hybridized carbons (Fsp3) is 1.00. The molecule has 3 unspecified atom stereocenters. The molecule has 0 radical (unpaired) electrons. The standard InChI is InChI=1S/C30H59NO13/c1-2-3-4-5-6-7-8-9-10-11-12-13-14-15-18(34)20(31)26(39)30(17-33)27(40)22(36)24(38)29(44-30)43-25-19(16-32)42-28(41)23(37)21(25)35/h18-29,32-41H,2-17,31H2,1H3/t18-,19-,20-,21-,22-,23?,24-,25-,26?,27-,28?,29-,30-/m1/s1. The highest BCUT2D eigenvalue weighted by molar-refractivity contribution is 5.08. The number of hydrogen-bond donors (Lipinski definition) is 11. The minimum Gasteiger partial charge on any atom is -0.394 e. The summed E-state index contributed by atoms with van der Waals surface area (Å²) in [5, 5.41) is 104. The number of ether oxygens (including phenoxy) is 3. The van der Waals surface area contributed by atoms with Crippen LogP contribution in [0.3, 0.4) is 0 Å². The summed E-state index contributed by atoms with van der Waals surface area (Å²) < 4.78 is 16.2. The van der Waals surface area contributed by atoms with Crippen LogP contribution < -0.4 is 5.73 Å². The summed E-state index contributed by atoms with van der Waals surface area (Å²) in [7, 11) is 0. The SMILES string of the molecule is CCCCCCCCCCCCCCC[C@@H](O)[C@@H](N)C(O)[C@@]1(CO)O[C@@H](O[C@H]2[C@H](O)C(O)C(O)O[C@@H]2CO)[C@H](O)[C@@H](O)[C@H]1O. The van der Waals surface area contributed by atoms with E-state index in [0.717, 1.165) is 25.7 Å². The first-order chi connectivity index (χ1) is 21.0. The van der Waals surface area contributed by atoms with Crippen LogP contribution in [0.15, 0.2) is 0 Å². The second-order valence-corrected chi connectivity index (χ2v) is 12.5. The summed E-state index contributed by atoms with van der Waals surface area (Å²) >= 11 is 0. The van der Waals surface area contributed by atoms with Crippen LogP contribution in [-0.2, 0) is 14.2 Å². The molecule has 0 aromatic rings. The highest BCUT2D eigenvalue weighted by Gasteiger charge is 2.60. The van der Waals surface area contributed by atoms with Crippen molar-refractivity contribution >= 4 is 0 Å². The molecule has 2 heterocycles. The van der Waals surface area contributed by atoms with Gasteiger partial charge in [-0.05, 0) is 6.42 Å². The average Bonchev–Trinajstić information content (AvgIpc) is 3.02. The second-order valence-electron chi connectivity index (χ2n) is 12.5. The van der Waals surface area contributed by atoms with Crippen LogP contribution in [0.5, 0.6) is 0 Å². The zero-order valence-corrected chi connectivity index (χ0v) is 26.0. The van der Waals surface area contributed by atoms with Crippen LogP contribution in [0, 0.1) is 0 Å². The normalized spacial score (nSPS) is 36.7. The Morgan fingerprint density at radius 3 is 1.75 bits per heavy atom. The zero-order valence-electron chi connectivity index (χ0n) is 26.0. The van der Waals surface area contributed by atoms with Gasteiger partial charge in [0.2, 0.25) is 0 Å². The van der Waals surface area contributed by atoms with Crippen LogP contribution in [0.1, 0.15) is 96.8 Å². The van der Waals surface area contributed by atoms with Crippen LogP contribution in [-0.4, -0.2) is 143 Å². The van der Waals surface area contributed by atoms with Gasteiger partial charge in [-0.3, -0.25) is 0 Å². The zero-order chi connectivity index (χ0) is 32.9. The van der Waals surface area contributed by atoms with E-state index in [1.165, 1.54) is 51.4 Å². The molecule has 2 aliphatic heterocycles. The maximum absolute atomic E-state index is 11.1. The average molecular weight is 642 g/mol. The largest absolute Gasteiger partial charge is 0.394 e. The molecule has 2 aliphatic rings. The molecule has 0 aromatic heterocycles. The molecule has 14 heteroatoms. The molecule has 13 atom stereocenters. The van der Waals surface area contributed by atoms with Crippen molar-refractivity contribution in [3.8, 4) is 0 Å². The maximum atomic E-state index is 11.1. The summed E-state index contributed by atoms with van der Waals surface area (Å²) in [5.41, 5.74) is 3.69. The summed E-state index contributed by atoms with van der Waals surface area (Å²) in [6.07, 6.45) is -4.67.